The largest absolute Gasteiger partial charge is 3.00 e. The van der Waals surface area contributed by atoms with Gasteiger partial charge in [0.25, 0.3) is 21.5 Å². The van der Waals surface area contributed by atoms with E-state index >= 15 is 0 Å². The van der Waals surface area contributed by atoms with Crippen LogP contribution in [-0.2, 0) is 52.5 Å². The van der Waals surface area contributed by atoms with Crippen molar-refractivity contribution in [1.29, 1.82) is 0 Å². The molecule has 7 aromatic carbocycles. The van der Waals surface area contributed by atoms with Crippen molar-refractivity contribution in [2.45, 2.75) is 24.3 Å². The van der Waals surface area contributed by atoms with Crippen molar-refractivity contribution in [3.63, 3.8) is 0 Å². The van der Waals surface area contributed by atoms with Crippen molar-refractivity contribution < 1.29 is 215 Å². The molecule has 0 aromatic heterocycles. The molecule has 0 saturated carbocycles. The van der Waals surface area contributed by atoms with Crippen LogP contribution in [0.1, 0.15) is 0 Å². The second-order valence-electron chi connectivity index (χ2n) is 15.0. The van der Waals surface area contributed by atoms with Crippen molar-refractivity contribution in [1.82, 2.24) is 0 Å². The molecule has 7 rings (SSSR count). The van der Waals surface area contributed by atoms with Crippen LogP contribution >= 0.6 is 63.7 Å². The Morgan fingerprint density at radius 2 is 1.10 bits per heavy atom. The predicted molar refractivity (Wildman–Crippen MR) is 272 cm³/mol. The van der Waals surface area contributed by atoms with Crippen LogP contribution in [-0.4, -0.2) is 80.9 Å². The molecule has 2 N–H and O–H groups in total. The van der Waals surface area contributed by atoms with Gasteiger partial charge in [-0.25, -0.2) is 16.8 Å². The normalized spacial score (nSPS) is 12.4. The third-order valence-electron chi connectivity index (χ3n) is 10.1. The summed E-state index contributed by atoms with van der Waals surface area (Å²) in [5.74, 6) is -5.05. The SMILES string of the molecule is O=C(Nc1ccc2cc(S(=O)(=O)O)c(N=Nc3cc([N+](=O)[O-])ccc3[O-])c([O-])c2c1)C(Br)CBr.O=[N+]([O-])c1ccc2c(N=Nc3c(S(=O)(=O)[O-])cc4cc(N=C([O-])C(Br)CBr)ccc4c3[O-])c([O-])cc(S(=O)(=O)[O-])c2c1.[Cr+3].[Na+].[Na+].[Na+].[Na+]. The average Bonchev–Trinajstić information content (AvgIpc) is 3.34. The molecular weight excluding hydrogens is 1480 g/mol. The Bertz CT molecular complexity index is 4050. The summed E-state index contributed by atoms with van der Waals surface area (Å²) < 4.78 is 105. The fraction of sp³-hybridized carbons (Fsp3) is 0.0952. The number of hydrogen-bond acceptors (Lipinski definition) is 23. The fourth-order valence-electron chi connectivity index (χ4n) is 6.60. The number of fused-ring (bicyclic) bond motifs is 3. The summed E-state index contributed by atoms with van der Waals surface area (Å²) in [6.07, 6.45) is 0. The minimum Gasteiger partial charge on any atom is -0.871 e. The number of nitro benzene ring substituents is 2. The molecule has 0 fully saturated rings. The molecule has 0 spiro atoms. The van der Waals surface area contributed by atoms with Crippen LogP contribution in [0.15, 0.2) is 131 Å². The van der Waals surface area contributed by atoms with E-state index in [2.05, 4.69) is 94.5 Å². The van der Waals surface area contributed by atoms with Crippen LogP contribution in [0.25, 0.3) is 32.3 Å². The topological polar surface area (TPSA) is 461 Å². The van der Waals surface area contributed by atoms with Crippen molar-refractivity contribution in [2.75, 3.05) is 16.0 Å². The van der Waals surface area contributed by atoms with Gasteiger partial charge in [-0.15, -0.1) is 10.2 Å². The maximum atomic E-state index is 13.2. The number of nitrogens with one attached hydrogen (secondary N) is 1. The number of non-ortho nitro benzene ring substituents is 2. The molecule has 81 heavy (non-hydrogen) atoms. The van der Waals surface area contributed by atoms with Gasteiger partial charge in [0.05, 0.1) is 52.9 Å². The average molecular weight is 1500 g/mol. The molecule has 7 aromatic rings. The minimum atomic E-state index is -5.39. The predicted octanol–water partition coefficient (Wildman–Crippen LogP) is -5.51. The van der Waals surface area contributed by atoms with Gasteiger partial charge in [0.15, 0.2) is 0 Å². The van der Waals surface area contributed by atoms with Crippen LogP contribution in [0.2, 0.25) is 0 Å². The first kappa shape index (κ1) is 76.7. The molecular formula is C42H23Br4CrN8Na4O19S3. The number of azo groups is 2. The van der Waals surface area contributed by atoms with Gasteiger partial charge in [0.2, 0.25) is 5.91 Å². The number of rotatable bonds is 15. The molecule has 0 aliphatic carbocycles. The van der Waals surface area contributed by atoms with E-state index in [1.54, 1.807) is 0 Å². The van der Waals surface area contributed by atoms with E-state index < -0.39 is 144 Å². The Balaban J connectivity index is 0.000000778. The van der Waals surface area contributed by atoms with Gasteiger partial charge in [-0.1, -0.05) is 105 Å². The summed E-state index contributed by atoms with van der Waals surface area (Å²) >= 11 is 12.5. The number of anilines is 1. The van der Waals surface area contributed by atoms with Gasteiger partial charge in [0, 0.05) is 51.4 Å². The van der Waals surface area contributed by atoms with Crippen LogP contribution in [0.4, 0.5) is 45.5 Å². The van der Waals surface area contributed by atoms with Gasteiger partial charge in [-0.3, -0.25) is 34.6 Å². The number of carbonyl (C=O) groups is 1. The summed E-state index contributed by atoms with van der Waals surface area (Å²) in [6.45, 7) is 0. The summed E-state index contributed by atoms with van der Waals surface area (Å²) in [4.78, 5) is 32.1. The number of halogens is 4. The Kier molecular flexibility index (Phi) is 30.2. The van der Waals surface area contributed by atoms with Gasteiger partial charge in [0.1, 0.15) is 30.0 Å². The Hall–Kier alpha value is -2.36. The van der Waals surface area contributed by atoms with Crippen molar-refractivity contribution in [2.24, 2.45) is 25.4 Å². The summed E-state index contributed by atoms with van der Waals surface area (Å²) in [6, 6.07) is 15.0. The van der Waals surface area contributed by atoms with Crippen LogP contribution in [0, 0.1) is 20.2 Å². The minimum absolute atomic E-state index is 0. The van der Waals surface area contributed by atoms with Gasteiger partial charge in [-0.05, 0) is 76.0 Å². The molecule has 2 atom stereocenters. The zero-order valence-corrected chi connectivity index (χ0v) is 59.4. The first-order chi connectivity index (χ1) is 35.4. The van der Waals surface area contributed by atoms with Crippen LogP contribution in [0.5, 0.6) is 23.0 Å². The quantitative estimate of drug-likeness (QED) is 0.0141. The molecule has 2 unspecified atom stereocenters. The first-order valence-corrected chi connectivity index (χ1v) is 28.4. The standard InChI is InChI=1S/C23H16Br2N4O11S2.C19H14Br2N4O8S.Cr.4Na/c24-9-16(25)23(32)26-11-1-3-13-10(5-11)6-19(42(38,39)40)21(22(13)31)28-27-20-14-4-2-12(29(33)34)7-15(14)18(8-17(20)30)41(35,36)37;20-8-13(21)19(28)22-10-2-1-9-5-16(34(31,32)33)17(18(27)12(9)6-10)24-23-14-7-11(25(29)30)3-4-15(14)26;;;;;/h1-8,16,30-31H,9H2,(H,26,32)(H,35,36,37)(H,38,39,40);1-7,13,26-27H,8H2,(H,22,28)(H,31,32,33);;;;;/q;;+3;4*+1/p-7. The van der Waals surface area contributed by atoms with Gasteiger partial charge >= 0.3 is 136 Å². The number of benzene rings is 7. The van der Waals surface area contributed by atoms with E-state index in [1.807, 2.05) is 0 Å². The zero-order valence-electron chi connectivity index (χ0n) is 41.3. The second-order valence-corrected chi connectivity index (χ2v) is 22.6. The summed E-state index contributed by atoms with van der Waals surface area (Å²) in [7, 11) is -15.6. The maximum Gasteiger partial charge on any atom is 3.00 e. The number of hydrogen-bond donors (Lipinski definition) is 2. The molecule has 0 bridgehead atoms. The number of carbonyl (C=O) groups excluding carboxylic acids is 1. The number of alkyl halides is 4. The van der Waals surface area contributed by atoms with Gasteiger partial charge in [-0.2, -0.15) is 18.6 Å². The molecule has 0 saturated heterocycles. The number of aliphatic imine (C=N–C) groups is 1. The first-order valence-electron chi connectivity index (χ1n) is 20.1. The molecule has 39 heteroatoms. The fourth-order valence-corrected chi connectivity index (χ4v) is 9.37. The monoisotopic (exact) mass is 1500 g/mol. The van der Waals surface area contributed by atoms with Crippen molar-refractivity contribution in [3.8, 4) is 23.0 Å². The van der Waals surface area contributed by atoms with Crippen LogP contribution in [0.3, 0.4) is 0 Å². The molecule has 1 amide bonds. The van der Waals surface area contributed by atoms with E-state index in [-0.39, 0.29) is 174 Å². The number of amides is 1. The molecule has 0 aliphatic rings. The zero-order chi connectivity index (χ0) is 56.4. The summed E-state index contributed by atoms with van der Waals surface area (Å²) in [5.41, 5.74) is -3.86. The molecule has 0 aliphatic heterocycles. The van der Waals surface area contributed by atoms with E-state index in [0.29, 0.717) is 17.5 Å². The molecule has 0 heterocycles. The molecule has 1 radical (unpaired) electrons. The third kappa shape index (κ3) is 18.8. The number of nitro groups is 2. The number of nitrogens with zero attached hydrogens (tertiary/aromatic N) is 7. The third-order valence-corrected chi connectivity index (χ3v) is 17.2. The van der Waals surface area contributed by atoms with E-state index in [4.69, 9.17) is 0 Å². The van der Waals surface area contributed by atoms with E-state index in [9.17, 15) is 89.5 Å². The van der Waals surface area contributed by atoms with Crippen molar-refractivity contribution >= 4 is 184 Å². The Morgan fingerprint density at radius 3 is 1.67 bits per heavy atom. The maximum absolute atomic E-state index is 13.2. The molecule has 27 nitrogen and oxygen atoms in total. The Labute approximate surface area is 590 Å². The summed E-state index contributed by atoms with van der Waals surface area (Å²) in [5, 5.41) is 101. The smallest absolute Gasteiger partial charge is 0.871 e. The van der Waals surface area contributed by atoms with Crippen molar-refractivity contribution in [3.05, 3.63) is 111 Å². The van der Waals surface area contributed by atoms with E-state index in [0.717, 1.165) is 42.5 Å². The van der Waals surface area contributed by atoms with Crippen LogP contribution < -0.4 is 149 Å². The Morgan fingerprint density at radius 1 is 0.580 bits per heavy atom. The van der Waals surface area contributed by atoms with E-state index in [1.165, 1.54) is 36.4 Å². The van der Waals surface area contributed by atoms with Gasteiger partial charge < -0.3 is 40.0 Å². The second kappa shape index (κ2) is 31.9. The molecule has 401 valence electrons.